The molecule has 0 saturated carbocycles. The van der Waals surface area contributed by atoms with Crippen molar-refractivity contribution in [3.63, 3.8) is 0 Å². The van der Waals surface area contributed by atoms with Crippen LogP contribution in [0.3, 0.4) is 0 Å². The Hall–Kier alpha value is -3.21. The molecule has 188 valence electrons. The van der Waals surface area contributed by atoms with E-state index in [-0.39, 0.29) is 47.0 Å². The van der Waals surface area contributed by atoms with E-state index >= 15 is 0 Å². The molecule has 0 fully saturated rings. The van der Waals surface area contributed by atoms with Gasteiger partial charge < -0.3 is 20.5 Å². The fourth-order valence-electron chi connectivity index (χ4n) is 3.50. The van der Waals surface area contributed by atoms with Crippen molar-refractivity contribution in [1.29, 1.82) is 0 Å². The topological polar surface area (TPSA) is 138 Å². The van der Waals surface area contributed by atoms with Crippen LogP contribution < -0.4 is 20.8 Å². The highest BCUT2D eigenvalue weighted by atomic mass is 35.5. The number of nitro benzene ring substituents is 1. The molecule has 2 aromatic rings. The van der Waals surface area contributed by atoms with Crippen LogP contribution >= 0.6 is 11.6 Å². The van der Waals surface area contributed by atoms with E-state index in [2.05, 4.69) is 21.2 Å². The Balaban J connectivity index is 1.45. The minimum absolute atomic E-state index is 0.0640. The van der Waals surface area contributed by atoms with Gasteiger partial charge in [-0.15, -0.1) is 0 Å². The Labute approximate surface area is 208 Å². The zero-order valence-electron chi connectivity index (χ0n) is 19.9. The number of hydrazone groups is 1. The number of ether oxygens (including phenoxy) is 1. The van der Waals surface area contributed by atoms with E-state index in [0.29, 0.717) is 13.0 Å². The lowest BCUT2D eigenvalue weighted by molar-refractivity contribution is -0.384. The smallest absolute Gasteiger partial charge is 0.273 e. The first kappa shape index (κ1) is 26.4. The predicted octanol–water partition coefficient (Wildman–Crippen LogP) is 3.33. The Kier molecular flexibility index (Phi) is 8.66. The van der Waals surface area contributed by atoms with Gasteiger partial charge in [0.1, 0.15) is 18.5 Å². The monoisotopic (exact) mass is 503 g/mol. The van der Waals surface area contributed by atoms with Crippen LogP contribution in [0.15, 0.2) is 47.6 Å². The lowest BCUT2D eigenvalue weighted by Gasteiger charge is -2.28. The van der Waals surface area contributed by atoms with Gasteiger partial charge in [-0.3, -0.25) is 14.9 Å². The van der Waals surface area contributed by atoms with E-state index in [9.17, 15) is 20.0 Å². The number of hydrogen-bond donors (Lipinski definition) is 4. The summed E-state index contributed by atoms with van der Waals surface area (Å²) in [6.07, 6.45) is -0.420. The molecule has 11 heteroatoms. The molecule has 1 aliphatic heterocycles. The Morgan fingerprint density at radius 2 is 2.03 bits per heavy atom. The van der Waals surface area contributed by atoms with Gasteiger partial charge in [0.15, 0.2) is 0 Å². The molecular weight excluding hydrogens is 474 g/mol. The third-order valence-corrected chi connectivity index (χ3v) is 5.86. The second-order valence-electron chi connectivity index (χ2n) is 9.17. The number of carbonyl (C=O) groups is 1. The molecule has 2 atom stereocenters. The second kappa shape index (κ2) is 11.5. The van der Waals surface area contributed by atoms with Gasteiger partial charge in [0.2, 0.25) is 5.91 Å². The molecule has 10 nitrogen and oxygen atoms in total. The molecule has 2 aromatic carbocycles. The predicted molar refractivity (Wildman–Crippen MR) is 135 cm³/mol. The van der Waals surface area contributed by atoms with Crippen molar-refractivity contribution in [2.75, 3.05) is 25.0 Å². The quantitative estimate of drug-likeness (QED) is 0.272. The van der Waals surface area contributed by atoms with E-state index in [4.69, 9.17) is 16.3 Å². The molecule has 1 amide bonds. The molecule has 0 saturated heterocycles. The number of nitrogens with one attached hydrogen (secondary N) is 3. The minimum Gasteiger partial charge on any atom is -0.489 e. The molecule has 35 heavy (non-hydrogen) atoms. The van der Waals surface area contributed by atoms with Crippen molar-refractivity contribution in [2.45, 2.75) is 38.8 Å². The summed E-state index contributed by atoms with van der Waals surface area (Å²) < 4.78 is 5.48. The van der Waals surface area contributed by atoms with Gasteiger partial charge in [-0.1, -0.05) is 30.7 Å². The number of carbonyl (C=O) groups excluding carboxylic acids is 1. The molecule has 0 aliphatic carbocycles. The molecular formula is C24H30ClN5O5. The number of rotatable bonds is 11. The van der Waals surface area contributed by atoms with Gasteiger partial charge >= 0.3 is 0 Å². The highest BCUT2D eigenvalue weighted by molar-refractivity contribution is 6.32. The van der Waals surface area contributed by atoms with Crippen LogP contribution in [0.1, 0.15) is 32.8 Å². The fraction of sp³-hybridized carbons (Fsp3) is 0.417. The van der Waals surface area contributed by atoms with Crippen molar-refractivity contribution in [1.82, 2.24) is 10.7 Å². The van der Waals surface area contributed by atoms with Crippen LogP contribution in [0, 0.1) is 16.0 Å². The number of nitro groups is 1. The van der Waals surface area contributed by atoms with Crippen molar-refractivity contribution >= 4 is 34.6 Å². The third kappa shape index (κ3) is 7.64. The van der Waals surface area contributed by atoms with Gasteiger partial charge in [-0.05, 0) is 37.6 Å². The molecule has 0 bridgehead atoms. The van der Waals surface area contributed by atoms with Crippen molar-refractivity contribution in [2.24, 2.45) is 11.0 Å². The maximum atomic E-state index is 11.4. The maximum Gasteiger partial charge on any atom is 0.273 e. The summed E-state index contributed by atoms with van der Waals surface area (Å²) in [4.78, 5) is 21.8. The van der Waals surface area contributed by atoms with Crippen molar-refractivity contribution in [3.8, 4) is 5.75 Å². The van der Waals surface area contributed by atoms with E-state index in [1.807, 2.05) is 45.0 Å². The average molecular weight is 504 g/mol. The van der Waals surface area contributed by atoms with Crippen LogP contribution in [0.25, 0.3) is 0 Å². The molecule has 0 aromatic heterocycles. The third-order valence-electron chi connectivity index (χ3n) is 5.55. The number of halogens is 1. The molecule has 4 N–H and O–H groups in total. The van der Waals surface area contributed by atoms with Gasteiger partial charge in [-0.2, -0.15) is 5.10 Å². The fourth-order valence-corrected chi connectivity index (χ4v) is 3.67. The summed E-state index contributed by atoms with van der Waals surface area (Å²) >= 11 is 6.02. The van der Waals surface area contributed by atoms with Crippen molar-refractivity contribution in [3.05, 3.63) is 63.2 Å². The molecule has 2 unspecified atom stereocenters. The summed E-state index contributed by atoms with van der Waals surface area (Å²) in [6, 6.07) is 11.8. The summed E-state index contributed by atoms with van der Waals surface area (Å²) in [5.74, 6) is 0.146. The van der Waals surface area contributed by atoms with Gasteiger partial charge in [0.05, 0.1) is 21.7 Å². The number of aliphatic hydroxyl groups is 1. The van der Waals surface area contributed by atoms with Gasteiger partial charge in [-0.25, -0.2) is 5.43 Å². The number of aliphatic hydroxyl groups excluding tert-OH is 1. The lowest BCUT2D eigenvalue weighted by Crippen LogP contribution is -2.49. The largest absolute Gasteiger partial charge is 0.489 e. The minimum atomic E-state index is -0.845. The van der Waals surface area contributed by atoms with E-state index in [1.165, 1.54) is 18.2 Å². The van der Waals surface area contributed by atoms with Gasteiger partial charge in [0.25, 0.3) is 5.69 Å². The highest BCUT2D eigenvalue weighted by Crippen LogP contribution is 2.29. The molecule has 3 rings (SSSR count). The highest BCUT2D eigenvalue weighted by Gasteiger charge is 2.22. The maximum absolute atomic E-state index is 11.4. The van der Waals surface area contributed by atoms with E-state index < -0.39 is 11.0 Å². The Bertz CT molecular complexity index is 1090. The van der Waals surface area contributed by atoms with E-state index in [1.54, 1.807) is 0 Å². The zero-order valence-corrected chi connectivity index (χ0v) is 20.6. The molecule has 1 aliphatic rings. The van der Waals surface area contributed by atoms with Gasteiger partial charge in [0, 0.05) is 42.7 Å². The van der Waals surface area contributed by atoms with Crippen LogP contribution in [0.5, 0.6) is 5.75 Å². The first-order valence-corrected chi connectivity index (χ1v) is 11.6. The number of hydrogen-bond acceptors (Lipinski definition) is 8. The van der Waals surface area contributed by atoms with Crippen LogP contribution in [0.4, 0.5) is 11.4 Å². The molecule has 1 heterocycles. The van der Waals surface area contributed by atoms with E-state index in [0.717, 1.165) is 17.0 Å². The summed E-state index contributed by atoms with van der Waals surface area (Å²) in [7, 11) is 0. The number of anilines is 1. The van der Waals surface area contributed by atoms with Crippen molar-refractivity contribution < 1.29 is 19.6 Å². The zero-order chi connectivity index (χ0) is 25.6. The van der Waals surface area contributed by atoms with Crippen LogP contribution in [0.2, 0.25) is 5.02 Å². The van der Waals surface area contributed by atoms with Crippen LogP contribution in [-0.2, 0) is 4.79 Å². The summed E-state index contributed by atoms with van der Waals surface area (Å²) in [6.45, 7) is 6.76. The standard InChI is InChI=1S/C24H30ClN5O5/c1-15-10-22(32)28-29-23(15)16-4-6-17(7-5-16)26-14-24(2,3)27-12-19(31)13-35-21-11-18(30(33)34)8-9-20(21)25/h4-9,11,15,19,26-27,31H,10,12-14H2,1-3H3,(H,28,32). The second-order valence-corrected chi connectivity index (χ2v) is 9.58. The number of nitrogens with zero attached hydrogens (tertiary/aromatic N) is 2. The number of benzene rings is 2. The first-order chi connectivity index (χ1) is 16.5. The normalized spacial score (nSPS) is 16.8. The Morgan fingerprint density at radius 1 is 1.31 bits per heavy atom. The van der Waals surface area contributed by atoms with Crippen LogP contribution in [-0.4, -0.2) is 53.0 Å². The number of non-ortho nitro benzene ring substituents is 1. The summed E-state index contributed by atoms with van der Waals surface area (Å²) in [5.41, 5.74) is 4.81. The summed E-state index contributed by atoms with van der Waals surface area (Å²) in [5, 5.41) is 32.3. The molecule has 0 radical (unpaired) electrons. The number of β-amino-alcohol motifs (C(OH)–C–C–N with tert-alkyl or cyclic N) is 1. The number of amides is 1. The lowest BCUT2D eigenvalue weighted by atomic mass is 9.94. The Morgan fingerprint density at radius 3 is 2.69 bits per heavy atom. The SMILES string of the molecule is CC1CC(=O)NN=C1c1ccc(NCC(C)(C)NCC(O)COc2cc([N+](=O)[O-])ccc2Cl)cc1. The first-order valence-electron chi connectivity index (χ1n) is 11.2. The average Bonchev–Trinajstić information content (AvgIpc) is 2.81. The molecule has 0 spiro atoms.